The van der Waals surface area contributed by atoms with Crippen LogP contribution in [-0.4, -0.2) is 33.3 Å². The molecule has 1 amide bonds. The standard InChI is InChI=1S/C24H24N4O2S/c1-6-21(29)27(5)18-9-7-8-17(15(18)3)19-12-13-25-24-22(16(4)26-28(19)24)23(30)20-11-10-14(2)31-20/h7-13H,6H2,1-5H3. The van der Waals surface area contributed by atoms with E-state index in [0.29, 0.717) is 28.2 Å². The minimum Gasteiger partial charge on any atom is -0.315 e. The van der Waals surface area contributed by atoms with Gasteiger partial charge in [-0.15, -0.1) is 11.3 Å². The molecule has 0 aliphatic carbocycles. The third-order valence-corrected chi connectivity index (χ3v) is 6.50. The molecular weight excluding hydrogens is 408 g/mol. The summed E-state index contributed by atoms with van der Waals surface area (Å²) < 4.78 is 1.73. The second kappa shape index (κ2) is 8.07. The maximum absolute atomic E-state index is 13.2. The number of hydrogen-bond acceptors (Lipinski definition) is 5. The van der Waals surface area contributed by atoms with E-state index in [1.54, 1.807) is 22.7 Å². The van der Waals surface area contributed by atoms with Gasteiger partial charge >= 0.3 is 0 Å². The zero-order valence-corrected chi connectivity index (χ0v) is 19.1. The van der Waals surface area contributed by atoms with Gasteiger partial charge in [0.25, 0.3) is 0 Å². The van der Waals surface area contributed by atoms with E-state index in [-0.39, 0.29) is 11.7 Å². The molecule has 31 heavy (non-hydrogen) atoms. The lowest BCUT2D eigenvalue weighted by molar-refractivity contribution is -0.118. The van der Waals surface area contributed by atoms with E-state index in [2.05, 4.69) is 10.1 Å². The summed E-state index contributed by atoms with van der Waals surface area (Å²) in [5.41, 5.74) is 5.28. The number of anilines is 1. The highest BCUT2D eigenvalue weighted by Crippen LogP contribution is 2.32. The lowest BCUT2D eigenvalue weighted by Gasteiger charge is -2.21. The lowest BCUT2D eigenvalue weighted by atomic mass is 10.0. The van der Waals surface area contributed by atoms with Crippen LogP contribution in [0.5, 0.6) is 0 Å². The summed E-state index contributed by atoms with van der Waals surface area (Å²) >= 11 is 1.47. The van der Waals surface area contributed by atoms with Crippen molar-refractivity contribution in [3.05, 3.63) is 69.2 Å². The van der Waals surface area contributed by atoms with Crippen molar-refractivity contribution in [3.8, 4) is 11.3 Å². The summed E-state index contributed by atoms with van der Waals surface area (Å²) in [6, 6.07) is 11.5. The molecule has 7 heteroatoms. The Kier molecular flexibility index (Phi) is 5.45. The van der Waals surface area contributed by atoms with Crippen LogP contribution < -0.4 is 4.90 Å². The van der Waals surface area contributed by atoms with E-state index in [1.807, 2.05) is 64.1 Å². The molecule has 0 aliphatic rings. The van der Waals surface area contributed by atoms with Crippen LogP contribution in [0.4, 0.5) is 5.69 Å². The van der Waals surface area contributed by atoms with E-state index in [4.69, 9.17) is 0 Å². The van der Waals surface area contributed by atoms with Gasteiger partial charge in [-0.25, -0.2) is 9.50 Å². The van der Waals surface area contributed by atoms with Gasteiger partial charge in [-0.3, -0.25) is 9.59 Å². The van der Waals surface area contributed by atoms with E-state index in [9.17, 15) is 9.59 Å². The number of hydrogen-bond donors (Lipinski definition) is 0. The number of nitrogens with zero attached hydrogens (tertiary/aromatic N) is 4. The highest BCUT2D eigenvalue weighted by Gasteiger charge is 2.23. The van der Waals surface area contributed by atoms with Crippen molar-refractivity contribution in [2.45, 2.75) is 34.1 Å². The number of thiophene rings is 1. The second-order valence-electron chi connectivity index (χ2n) is 7.52. The Morgan fingerprint density at radius 1 is 1.10 bits per heavy atom. The topological polar surface area (TPSA) is 67.6 Å². The molecule has 0 saturated carbocycles. The van der Waals surface area contributed by atoms with Crippen LogP contribution in [0.3, 0.4) is 0 Å². The van der Waals surface area contributed by atoms with Gasteiger partial charge in [0.1, 0.15) is 0 Å². The summed E-state index contributed by atoms with van der Waals surface area (Å²) in [5, 5.41) is 4.67. The van der Waals surface area contributed by atoms with Crippen LogP contribution >= 0.6 is 11.3 Å². The normalized spacial score (nSPS) is 11.1. The van der Waals surface area contributed by atoms with E-state index in [1.165, 1.54) is 11.3 Å². The zero-order chi connectivity index (χ0) is 22.3. The molecule has 6 nitrogen and oxygen atoms in total. The molecule has 4 rings (SSSR count). The largest absolute Gasteiger partial charge is 0.315 e. The molecule has 158 valence electrons. The van der Waals surface area contributed by atoms with Crippen LogP contribution in [0, 0.1) is 20.8 Å². The van der Waals surface area contributed by atoms with E-state index < -0.39 is 0 Å². The van der Waals surface area contributed by atoms with Gasteiger partial charge in [0, 0.05) is 35.8 Å². The van der Waals surface area contributed by atoms with Gasteiger partial charge in [-0.05, 0) is 50.6 Å². The minimum atomic E-state index is -0.0611. The van der Waals surface area contributed by atoms with Crippen molar-refractivity contribution >= 4 is 34.4 Å². The van der Waals surface area contributed by atoms with Gasteiger partial charge in [0.05, 0.1) is 21.8 Å². The number of amides is 1. The average Bonchev–Trinajstić information content (AvgIpc) is 3.34. The fourth-order valence-corrected chi connectivity index (χ4v) is 4.65. The molecule has 0 spiro atoms. The molecule has 0 unspecified atom stereocenters. The van der Waals surface area contributed by atoms with Gasteiger partial charge in [-0.1, -0.05) is 19.1 Å². The Balaban J connectivity index is 1.88. The maximum atomic E-state index is 13.2. The maximum Gasteiger partial charge on any atom is 0.226 e. The summed E-state index contributed by atoms with van der Waals surface area (Å²) in [5.74, 6) is -0.0109. The first-order chi connectivity index (χ1) is 14.8. The van der Waals surface area contributed by atoms with Crippen LogP contribution in [0.15, 0.2) is 42.6 Å². The summed E-state index contributed by atoms with van der Waals surface area (Å²) in [6.07, 6.45) is 2.14. The number of rotatable bonds is 5. The van der Waals surface area contributed by atoms with Gasteiger partial charge in [-0.2, -0.15) is 5.10 Å². The van der Waals surface area contributed by atoms with Crippen molar-refractivity contribution in [1.82, 2.24) is 14.6 Å². The van der Waals surface area contributed by atoms with Crippen molar-refractivity contribution < 1.29 is 9.59 Å². The number of ketones is 1. The number of aromatic nitrogens is 3. The monoisotopic (exact) mass is 432 g/mol. The van der Waals surface area contributed by atoms with Gasteiger partial charge in [0.2, 0.25) is 11.7 Å². The van der Waals surface area contributed by atoms with Crippen molar-refractivity contribution in [2.75, 3.05) is 11.9 Å². The molecule has 0 radical (unpaired) electrons. The fraction of sp³-hybridized carbons (Fsp3) is 0.250. The average molecular weight is 433 g/mol. The van der Waals surface area contributed by atoms with Gasteiger partial charge < -0.3 is 4.90 Å². The highest BCUT2D eigenvalue weighted by atomic mass is 32.1. The van der Waals surface area contributed by atoms with Crippen molar-refractivity contribution in [1.29, 1.82) is 0 Å². The SMILES string of the molecule is CCC(=O)N(C)c1cccc(-c2ccnc3c(C(=O)c4ccc(C)s4)c(C)nn23)c1C. The first-order valence-corrected chi connectivity index (χ1v) is 11.0. The first kappa shape index (κ1) is 20.9. The molecule has 0 N–H and O–H groups in total. The predicted octanol–water partition coefficient (Wildman–Crippen LogP) is 4.99. The first-order valence-electron chi connectivity index (χ1n) is 10.2. The zero-order valence-electron chi connectivity index (χ0n) is 18.3. The number of aryl methyl sites for hydroxylation is 2. The lowest BCUT2D eigenvalue weighted by Crippen LogP contribution is -2.25. The molecule has 4 aromatic rings. The summed E-state index contributed by atoms with van der Waals surface area (Å²) in [7, 11) is 1.79. The molecule has 0 bridgehead atoms. The quantitative estimate of drug-likeness (QED) is 0.417. The highest BCUT2D eigenvalue weighted by molar-refractivity contribution is 7.14. The van der Waals surface area contributed by atoms with E-state index in [0.717, 1.165) is 27.4 Å². The molecule has 0 saturated heterocycles. The Morgan fingerprint density at radius 2 is 1.87 bits per heavy atom. The third-order valence-electron chi connectivity index (χ3n) is 5.50. The smallest absolute Gasteiger partial charge is 0.226 e. The molecule has 0 fully saturated rings. The Morgan fingerprint density at radius 3 is 2.55 bits per heavy atom. The van der Waals surface area contributed by atoms with Crippen LogP contribution in [0.2, 0.25) is 0 Å². The fourth-order valence-electron chi connectivity index (χ4n) is 3.84. The Labute approximate surface area is 185 Å². The van der Waals surface area contributed by atoms with Crippen molar-refractivity contribution in [2.24, 2.45) is 0 Å². The van der Waals surface area contributed by atoms with Gasteiger partial charge in [0.15, 0.2) is 5.65 Å². The van der Waals surface area contributed by atoms with E-state index >= 15 is 0 Å². The van der Waals surface area contributed by atoms with Crippen LogP contribution in [0.1, 0.15) is 44.7 Å². The number of fused-ring (bicyclic) bond motifs is 1. The molecule has 1 aromatic carbocycles. The predicted molar refractivity (Wildman–Crippen MR) is 124 cm³/mol. The van der Waals surface area contributed by atoms with Crippen LogP contribution in [-0.2, 0) is 4.79 Å². The van der Waals surface area contributed by atoms with Crippen LogP contribution in [0.25, 0.3) is 16.9 Å². The van der Waals surface area contributed by atoms with Crippen molar-refractivity contribution in [3.63, 3.8) is 0 Å². The Hall–Kier alpha value is -3.32. The molecule has 0 aliphatic heterocycles. The summed E-state index contributed by atoms with van der Waals surface area (Å²) in [6.45, 7) is 7.66. The number of carbonyl (C=O) groups excluding carboxylic acids is 2. The molecule has 0 atom stereocenters. The third kappa shape index (κ3) is 3.55. The molecule has 3 aromatic heterocycles. The summed E-state index contributed by atoms with van der Waals surface area (Å²) in [4.78, 5) is 33.4. The number of benzene rings is 1. The molecule has 3 heterocycles. The minimum absolute atomic E-state index is 0.0502. The molecular formula is C24H24N4O2S. The second-order valence-corrected chi connectivity index (χ2v) is 8.81. The number of carbonyl (C=O) groups is 2. The Bertz CT molecular complexity index is 1320.